The maximum Gasteiger partial charge on any atom is 0.419 e. The molecular formula is C27H31F4N7O3. The summed E-state index contributed by atoms with van der Waals surface area (Å²) in [5.74, 6) is -1.46. The fraction of sp³-hybridized carbons (Fsp3) is 0.481. The van der Waals surface area contributed by atoms with E-state index in [4.69, 9.17) is 9.84 Å². The molecule has 0 radical (unpaired) electrons. The number of nitrogens with zero attached hydrogens (tertiary/aromatic N) is 6. The highest BCUT2D eigenvalue weighted by Crippen LogP contribution is 2.38. The monoisotopic (exact) mass is 577 g/mol. The number of rotatable bonds is 9. The van der Waals surface area contributed by atoms with Crippen molar-refractivity contribution >= 4 is 16.7 Å². The molecule has 1 unspecified atom stereocenters. The zero-order valence-electron chi connectivity index (χ0n) is 22.6. The number of hydrogen-bond donors (Lipinski definition) is 3. The van der Waals surface area contributed by atoms with Gasteiger partial charge in [-0.15, -0.1) is 0 Å². The number of aliphatic hydroxyl groups excluding tert-OH is 1. The number of alkyl halides is 3. The second-order valence-corrected chi connectivity index (χ2v) is 10.5. The van der Waals surface area contributed by atoms with E-state index in [-0.39, 0.29) is 12.6 Å². The summed E-state index contributed by atoms with van der Waals surface area (Å²) in [4.78, 5) is 8.20. The number of pyridine rings is 2. The molecule has 4 aromatic rings. The number of anilines is 1. The van der Waals surface area contributed by atoms with Gasteiger partial charge in [-0.25, -0.2) is 14.4 Å². The minimum Gasteiger partial charge on any atom is -0.472 e. The molecule has 1 atom stereocenters. The van der Waals surface area contributed by atoms with Crippen molar-refractivity contribution in [2.75, 3.05) is 18.5 Å². The average molecular weight is 578 g/mol. The third kappa shape index (κ3) is 6.12. The quantitative estimate of drug-likeness (QED) is 0.247. The molecular weight excluding hydrogens is 546 g/mol. The Balaban J connectivity index is 1.39. The molecule has 0 bridgehead atoms. The summed E-state index contributed by atoms with van der Waals surface area (Å²) in [5.41, 5.74) is -0.529. The van der Waals surface area contributed by atoms with Crippen molar-refractivity contribution in [3.8, 4) is 17.1 Å². The minimum atomic E-state index is -4.84. The number of ether oxygens (including phenoxy) is 1. The average Bonchev–Trinajstić information content (AvgIpc) is 3.54. The highest BCUT2D eigenvalue weighted by atomic mass is 19.4. The Kier molecular flexibility index (Phi) is 7.88. The standard InChI is InChI=1S/C27H31F4N7O3/c1-3-32-22-10-21-19(12-34-22)24(16-11-35-37(13-16)14-26(2,40)15-39)36-38(21)17-4-6-18(7-5-17)41-25-23(28)20(8-9-33-25)27(29,30)31/h8-13,17-18,39-40H,3-7,14-15H2,1-2H3,(H,32,34). The van der Waals surface area contributed by atoms with E-state index in [1.807, 2.05) is 17.7 Å². The molecule has 4 heterocycles. The van der Waals surface area contributed by atoms with E-state index in [2.05, 4.69) is 20.4 Å². The second-order valence-electron chi connectivity index (χ2n) is 10.5. The molecule has 1 fully saturated rings. The zero-order chi connectivity index (χ0) is 29.4. The summed E-state index contributed by atoms with van der Waals surface area (Å²) in [6, 6.07) is 2.46. The third-order valence-electron chi connectivity index (χ3n) is 7.13. The van der Waals surface area contributed by atoms with Crippen molar-refractivity contribution in [2.45, 2.75) is 70.0 Å². The van der Waals surface area contributed by atoms with Crippen LogP contribution < -0.4 is 10.1 Å². The molecule has 0 spiro atoms. The maximum absolute atomic E-state index is 14.5. The molecule has 5 rings (SSSR count). The Hall–Kier alpha value is -3.78. The molecule has 4 aromatic heterocycles. The summed E-state index contributed by atoms with van der Waals surface area (Å²) < 4.78 is 62.8. The Labute approximate surface area is 233 Å². The molecule has 220 valence electrons. The Morgan fingerprint density at radius 2 is 1.90 bits per heavy atom. The molecule has 1 saturated carbocycles. The third-order valence-corrected chi connectivity index (χ3v) is 7.13. The van der Waals surface area contributed by atoms with Crippen molar-refractivity contribution in [3.63, 3.8) is 0 Å². The molecule has 0 saturated heterocycles. The van der Waals surface area contributed by atoms with E-state index >= 15 is 0 Å². The van der Waals surface area contributed by atoms with E-state index in [0.29, 0.717) is 55.4 Å². The molecule has 10 nitrogen and oxygen atoms in total. The molecule has 0 amide bonds. The lowest BCUT2D eigenvalue weighted by Gasteiger charge is -2.29. The number of halogens is 4. The van der Waals surface area contributed by atoms with Crippen LogP contribution in [0.3, 0.4) is 0 Å². The van der Waals surface area contributed by atoms with E-state index in [0.717, 1.165) is 17.1 Å². The normalized spacial score (nSPS) is 19.3. The summed E-state index contributed by atoms with van der Waals surface area (Å²) in [5, 5.41) is 32.9. The lowest BCUT2D eigenvalue weighted by Crippen LogP contribution is -2.34. The van der Waals surface area contributed by atoms with Gasteiger partial charge in [0.25, 0.3) is 5.88 Å². The zero-order valence-corrected chi connectivity index (χ0v) is 22.6. The van der Waals surface area contributed by atoms with Gasteiger partial charge in [0, 0.05) is 42.2 Å². The maximum atomic E-state index is 14.5. The SMILES string of the molecule is CCNc1cc2c(cn1)c(-c1cnn(CC(C)(O)CO)c1)nn2C1CCC(Oc2nccc(C(F)(F)F)c2F)CC1. The van der Waals surface area contributed by atoms with Gasteiger partial charge in [0.15, 0.2) is 5.82 Å². The van der Waals surface area contributed by atoms with Crippen LogP contribution in [0.15, 0.2) is 36.9 Å². The van der Waals surface area contributed by atoms with Gasteiger partial charge in [0.2, 0.25) is 0 Å². The predicted octanol–water partition coefficient (Wildman–Crippen LogP) is 4.59. The molecule has 0 aliphatic heterocycles. The van der Waals surface area contributed by atoms with Gasteiger partial charge < -0.3 is 20.3 Å². The fourth-order valence-corrected chi connectivity index (χ4v) is 5.06. The van der Waals surface area contributed by atoms with Crippen molar-refractivity contribution in [3.05, 3.63) is 48.3 Å². The smallest absolute Gasteiger partial charge is 0.419 e. The molecule has 14 heteroatoms. The number of hydrogen-bond acceptors (Lipinski definition) is 8. The molecule has 3 N–H and O–H groups in total. The molecule has 41 heavy (non-hydrogen) atoms. The van der Waals surface area contributed by atoms with Crippen LogP contribution in [0.2, 0.25) is 0 Å². The van der Waals surface area contributed by atoms with Crippen molar-refractivity contribution in [2.24, 2.45) is 0 Å². The number of fused-ring (bicyclic) bond motifs is 1. The highest BCUT2D eigenvalue weighted by Gasteiger charge is 2.36. The van der Waals surface area contributed by atoms with Gasteiger partial charge >= 0.3 is 6.18 Å². The lowest BCUT2D eigenvalue weighted by molar-refractivity contribution is -0.140. The van der Waals surface area contributed by atoms with Crippen LogP contribution in [0, 0.1) is 5.82 Å². The molecule has 1 aliphatic rings. The van der Waals surface area contributed by atoms with Gasteiger partial charge in [0.05, 0.1) is 36.5 Å². The predicted molar refractivity (Wildman–Crippen MR) is 142 cm³/mol. The van der Waals surface area contributed by atoms with Crippen LogP contribution in [0.5, 0.6) is 5.88 Å². The van der Waals surface area contributed by atoms with E-state index < -0.39 is 41.7 Å². The van der Waals surface area contributed by atoms with Crippen LogP contribution in [-0.4, -0.2) is 64.6 Å². The van der Waals surface area contributed by atoms with Gasteiger partial charge in [0.1, 0.15) is 23.2 Å². The number of aromatic nitrogens is 6. The van der Waals surface area contributed by atoms with Gasteiger partial charge in [-0.05, 0) is 45.6 Å². The first-order chi connectivity index (χ1) is 19.5. The fourth-order valence-electron chi connectivity index (χ4n) is 5.06. The van der Waals surface area contributed by atoms with Gasteiger partial charge in [-0.1, -0.05) is 0 Å². The van der Waals surface area contributed by atoms with Crippen LogP contribution in [0.25, 0.3) is 22.2 Å². The Bertz CT molecular complexity index is 1510. The van der Waals surface area contributed by atoms with Crippen molar-refractivity contribution < 1.29 is 32.5 Å². The Morgan fingerprint density at radius 3 is 2.59 bits per heavy atom. The van der Waals surface area contributed by atoms with E-state index in [1.165, 1.54) is 6.92 Å². The topological polar surface area (TPSA) is 123 Å². The van der Waals surface area contributed by atoms with Crippen LogP contribution >= 0.6 is 0 Å². The summed E-state index contributed by atoms with van der Waals surface area (Å²) in [6.45, 7) is 3.84. The molecule has 1 aliphatic carbocycles. The van der Waals surface area contributed by atoms with Crippen molar-refractivity contribution in [1.82, 2.24) is 29.5 Å². The van der Waals surface area contributed by atoms with Gasteiger partial charge in [-0.2, -0.15) is 23.4 Å². The molecule has 0 aromatic carbocycles. The number of nitrogens with one attached hydrogen (secondary N) is 1. The van der Waals surface area contributed by atoms with E-state index in [9.17, 15) is 27.8 Å². The first kappa shape index (κ1) is 28.7. The van der Waals surface area contributed by atoms with Crippen molar-refractivity contribution in [1.29, 1.82) is 0 Å². The van der Waals surface area contributed by atoms with Crippen LogP contribution in [-0.2, 0) is 12.7 Å². The lowest BCUT2D eigenvalue weighted by atomic mass is 9.93. The van der Waals surface area contributed by atoms with E-state index in [1.54, 1.807) is 23.3 Å². The second kappa shape index (κ2) is 11.2. The highest BCUT2D eigenvalue weighted by molar-refractivity contribution is 5.93. The minimum absolute atomic E-state index is 0.0486. The largest absolute Gasteiger partial charge is 0.472 e. The van der Waals surface area contributed by atoms with Crippen LogP contribution in [0.4, 0.5) is 23.4 Å². The first-order valence-corrected chi connectivity index (χ1v) is 13.4. The summed E-state index contributed by atoms with van der Waals surface area (Å²) in [7, 11) is 0. The number of aliphatic hydroxyl groups is 2. The van der Waals surface area contributed by atoms with Crippen LogP contribution in [0.1, 0.15) is 51.1 Å². The Morgan fingerprint density at radius 1 is 1.15 bits per heavy atom. The summed E-state index contributed by atoms with van der Waals surface area (Å²) >= 11 is 0. The first-order valence-electron chi connectivity index (χ1n) is 13.4. The summed E-state index contributed by atoms with van der Waals surface area (Å²) in [6.07, 6.45) is 2.82. The van der Waals surface area contributed by atoms with Gasteiger partial charge in [-0.3, -0.25) is 9.36 Å².